The van der Waals surface area contributed by atoms with Crippen LogP contribution in [0.1, 0.15) is 31.2 Å². The Hall–Kier alpha value is -2.19. The van der Waals surface area contributed by atoms with Crippen LogP contribution in [0.3, 0.4) is 0 Å². The Kier molecular flexibility index (Phi) is 6.47. The molecule has 0 aromatic carbocycles. The molecule has 9 heteroatoms. The van der Waals surface area contributed by atoms with E-state index in [1.165, 1.54) is 0 Å². The minimum atomic E-state index is -5.15. The molecule has 0 unspecified atom stereocenters. The van der Waals surface area contributed by atoms with E-state index in [4.69, 9.17) is 4.74 Å². The summed E-state index contributed by atoms with van der Waals surface area (Å²) >= 11 is 0. The highest BCUT2D eigenvalue weighted by molar-refractivity contribution is 5.99. The summed E-state index contributed by atoms with van der Waals surface area (Å²) in [4.78, 5) is 31.0. The number of halogens is 3. The van der Waals surface area contributed by atoms with Crippen molar-refractivity contribution in [1.82, 2.24) is 9.97 Å². The second-order valence-corrected chi connectivity index (χ2v) is 4.91. The lowest BCUT2D eigenvalue weighted by atomic mass is 10.3. The van der Waals surface area contributed by atoms with Gasteiger partial charge in [0, 0.05) is 11.4 Å². The molecule has 0 atom stereocenters. The number of hydrogen-bond donors (Lipinski definition) is 0. The molecular weight excluding hydrogens is 315 g/mol. The van der Waals surface area contributed by atoms with Gasteiger partial charge in [0.2, 0.25) is 5.95 Å². The van der Waals surface area contributed by atoms with E-state index in [-0.39, 0.29) is 11.5 Å². The Morgan fingerprint density at radius 3 is 2.26 bits per heavy atom. The minimum absolute atomic E-state index is 0.0804. The van der Waals surface area contributed by atoms with Gasteiger partial charge >= 0.3 is 18.1 Å². The number of amides is 1. The Morgan fingerprint density at radius 1 is 1.22 bits per heavy atom. The normalized spacial score (nSPS) is 11.2. The van der Waals surface area contributed by atoms with Crippen molar-refractivity contribution in [2.45, 2.75) is 39.8 Å². The van der Waals surface area contributed by atoms with Crippen LogP contribution in [0.25, 0.3) is 0 Å². The molecule has 0 aliphatic rings. The SMILES string of the molecule is CCCCOC(=O)CN(C(=O)C(F)(F)F)c1nc(C)cc(C)n1. The number of nitrogens with zero attached hydrogens (tertiary/aromatic N) is 3. The lowest BCUT2D eigenvalue weighted by Gasteiger charge is -2.21. The predicted molar refractivity (Wildman–Crippen MR) is 75.8 cm³/mol. The fourth-order valence-corrected chi connectivity index (χ4v) is 1.72. The van der Waals surface area contributed by atoms with Gasteiger partial charge in [0.15, 0.2) is 0 Å². The van der Waals surface area contributed by atoms with Crippen LogP contribution in [0.2, 0.25) is 0 Å². The van der Waals surface area contributed by atoms with Crippen LogP contribution in [0, 0.1) is 13.8 Å². The average Bonchev–Trinajstić information content (AvgIpc) is 2.42. The Balaban J connectivity index is 3.03. The van der Waals surface area contributed by atoms with E-state index < -0.39 is 30.5 Å². The van der Waals surface area contributed by atoms with Gasteiger partial charge < -0.3 is 4.74 Å². The molecule has 0 N–H and O–H groups in total. The molecule has 0 spiro atoms. The maximum Gasteiger partial charge on any atom is 0.471 e. The third kappa shape index (κ3) is 5.84. The maximum atomic E-state index is 12.7. The monoisotopic (exact) mass is 333 g/mol. The third-order valence-electron chi connectivity index (χ3n) is 2.75. The topological polar surface area (TPSA) is 72.4 Å². The summed E-state index contributed by atoms with van der Waals surface area (Å²) in [6.07, 6.45) is -3.80. The summed E-state index contributed by atoms with van der Waals surface area (Å²) in [5.41, 5.74) is 0.763. The number of unbranched alkanes of at least 4 members (excludes halogenated alkanes) is 1. The number of alkyl halides is 3. The standard InChI is InChI=1S/C14H18F3N3O3/c1-4-5-6-23-11(21)8-20(12(22)14(15,16)17)13-18-9(2)7-10(3)19-13/h7H,4-6,8H2,1-3H3. The van der Waals surface area contributed by atoms with Crippen molar-refractivity contribution in [2.24, 2.45) is 0 Å². The second kappa shape index (κ2) is 7.89. The zero-order chi connectivity index (χ0) is 17.6. The number of rotatable bonds is 6. The van der Waals surface area contributed by atoms with Gasteiger partial charge in [-0.15, -0.1) is 0 Å². The molecule has 128 valence electrons. The van der Waals surface area contributed by atoms with Crippen LogP contribution < -0.4 is 4.90 Å². The lowest BCUT2D eigenvalue weighted by molar-refractivity contribution is -0.171. The van der Waals surface area contributed by atoms with Gasteiger partial charge in [-0.2, -0.15) is 13.2 Å². The largest absolute Gasteiger partial charge is 0.471 e. The van der Waals surface area contributed by atoms with Gasteiger partial charge in [0.1, 0.15) is 6.54 Å². The quantitative estimate of drug-likeness (QED) is 0.590. The zero-order valence-electron chi connectivity index (χ0n) is 13.1. The Morgan fingerprint density at radius 2 is 1.78 bits per heavy atom. The van der Waals surface area contributed by atoms with Crippen molar-refractivity contribution in [2.75, 3.05) is 18.1 Å². The van der Waals surface area contributed by atoms with E-state index in [1.807, 2.05) is 6.92 Å². The van der Waals surface area contributed by atoms with Gasteiger partial charge in [-0.1, -0.05) is 13.3 Å². The van der Waals surface area contributed by atoms with Crippen molar-refractivity contribution >= 4 is 17.8 Å². The van der Waals surface area contributed by atoms with E-state index >= 15 is 0 Å². The maximum absolute atomic E-state index is 12.7. The summed E-state index contributed by atoms with van der Waals surface area (Å²) < 4.78 is 43.0. The van der Waals surface area contributed by atoms with Gasteiger partial charge in [-0.05, 0) is 26.3 Å². The van der Waals surface area contributed by atoms with E-state index in [0.29, 0.717) is 17.8 Å². The molecule has 1 aromatic rings. The lowest BCUT2D eigenvalue weighted by Crippen LogP contribution is -2.45. The molecule has 0 radical (unpaired) electrons. The van der Waals surface area contributed by atoms with E-state index in [9.17, 15) is 22.8 Å². The summed E-state index contributed by atoms with van der Waals surface area (Å²) in [5, 5.41) is 0. The molecule has 0 aliphatic carbocycles. The number of carbonyl (C=O) groups is 2. The average molecular weight is 333 g/mol. The summed E-state index contributed by atoms with van der Waals surface area (Å²) in [7, 11) is 0. The van der Waals surface area contributed by atoms with Crippen molar-refractivity contribution in [3.05, 3.63) is 17.5 Å². The molecule has 1 rings (SSSR count). The van der Waals surface area contributed by atoms with Crippen LogP contribution in [0.4, 0.5) is 19.1 Å². The molecule has 1 amide bonds. The fourth-order valence-electron chi connectivity index (χ4n) is 1.72. The third-order valence-corrected chi connectivity index (χ3v) is 2.75. The molecule has 0 fully saturated rings. The minimum Gasteiger partial charge on any atom is -0.464 e. The van der Waals surface area contributed by atoms with Crippen LogP contribution in [-0.2, 0) is 14.3 Å². The number of aromatic nitrogens is 2. The molecule has 23 heavy (non-hydrogen) atoms. The van der Waals surface area contributed by atoms with Crippen LogP contribution >= 0.6 is 0 Å². The van der Waals surface area contributed by atoms with Gasteiger partial charge in [-0.3, -0.25) is 14.5 Å². The predicted octanol–water partition coefficient (Wildman–Crippen LogP) is 2.33. The van der Waals surface area contributed by atoms with Crippen LogP contribution in [0.15, 0.2) is 6.07 Å². The molecule has 0 saturated carbocycles. The molecule has 0 aliphatic heterocycles. The first-order valence-electron chi connectivity index (χ1n) is 7.01. The molecule has 6 nitrogen and oxygen atoms in total. The first kappa shape index (κ1) is 18.9. The number of esters is 1. The number of ether oxygens (including phenoxy) is 1. The molecule has 1 aromatic heterocycles. The number of anilines is 1. The van der Waals surface area contributed by atoms with E-state index in [2.05, 4.69) is 9.97 Å². The highest BCUT2D eigenvalue weighted by Crippen LogP contribution is 2.22. The molecule has 1 heterocycles. The van der Waals surface area contributed by atoms with Crippen LogP contribution in [-0.4, -0.2) is 41.2 Å². The smallest absolute Gasteiger partial charge is 0.464 e. The first-order valence-corrected chi connectivity index (χ1v) is 7.01. The van der Waals surface area contributed by atoms with Crippen molar-refractivity contribution in [3.8, 4) is 0 Å². The van der Waals surface area contributed by atoms with Crippen molar-refractivity contribution < 1.29 is 27.5 Å². The van der Waals surface area contributed by atoms with Gasteiger partial charge in [-0.25, -0.2) is 9.97 Å². The summed E-state index contributed by atoms with van der Waals surface area (Å²) in [6, 6.07) is 1.54. The number of hydrogen-bond acceptors (Lipinski definition) is 5. The summed E-state index contributed by atoms with van der Waals surface area (Å²) in [5.74, 6) is -3.63. The van der Waals surface area contributed by atoms with Gasteiger partial charge in [0.25, 0.3) is 0 Å². The highest BCUT2D eigenvalue weighted by Gasteiger charge is 2.44. The fraction of sp³-hybridized carbons (Fsp3) is 0.571. The van der Waals surface area contributed by atoms with Crippen LogP contribution in [0.5, 0.6) is 0 Å². The van der Waals surface area contributed by atoms with Gasteiger partial charge in [0.05, 0.1) is 6.61 Å². The first-order chi connectivity index (χ1) is 10.6. The highest BCUT2D eigenvalue weighted by atomic mass is 19.4. The van der Waals surface area contributed by atoms with Crippen molar-refractivity contribution in [1.29, 1.82) is 0 Å². The Labute approximate surface area is 131 Å². The van der Waals surface area contributed by atoms with E-state index in [0.717, 1.165) is 6.42 Å². The van der Waals surface area contributed by atoms with E-state index in [1.54, 1.807) is 19.9 Å². The number of carbonyl (C=O) groups excluding carboxylic acids is 2. The molecular formula is C14H18F3N3O3. The zero-order valence-corrected chi connectivity index (χ0v) is 13.1. The summed E-state index contributed by atoms with van der Waals surface area (Å²) in [6.45, 7) is 4.15. The second-order valence-electron chi connectivity index (χ2n) is 4.91. The Bertz CT molecular complexity index is 556. The van der Waals surface area contributed by atoms with Crippen molar-refractivity contribution in [3.63, 3.8) is 0 Å². The molecule has 0 saturated heterocycles. The molecule has 0 bridgehead atoms. The number of aryl methyl sites for hydroxylation is 2.